The maximum atomic E-state index is 11.4. The molecular weight excluding hydrogens is 216 g/mol. The quantitative estimate of drug-likeness (QED) is 0.796. The van der Waals surface area contributed by atoms with Crippen LogP contribution >= 0.6 is 0 Å². The molecule has 4 nitrogen and oxygen atoms in total. The molecule has 1 amide bonds. The fourth-order valence-electron chi connectivity index (χ4n) is 1.83. The van der Waals surface area contributed by atoms with Gasteiger partial charge in [0.2, 0.25) is 5.91 Å². The van der Waals surface area contributed by atoms with E-state index in [0.717, 1.165) is 18.4 Å². The zero-order chi connectivity index (χ0) is 12.5. The summed E-state index contributed by atoms with van der Waals surface area (Å²) in [4.78, 5) is 11.4. The molecule has 4 heteroatoms. The molecule has 1 aliphatic carbocycles. The number of nitrogens with two attached hydrogens (primary N) is 2. The first-order chi connectivity index (χ1) is 8.02. The standard InChI is InChI=1S/C13H18N2O2/c1-9-2-6-11(7-3-9)17-8-13(15,12(14)16)10-4-5-10/h2-3,6-7,10H,4-5,8,15H2,1H3,(H2,14,16). The number of aryl methyl sites for hydroxylation is 1. The lowest BCUT2D eigenvalue weighted by molar-refractivity contribution is -0.125. The van der Waals surface area contributed by atoms with Crippen molar-refractivity contribution in [1.29, 1.82) is 0 Å². The molecule has 0 spiro atoms. The normalized spacial score (nSPS) is 18.5. The Morgan fingerprint density at radius 3 is 2.47 bits per heavy atom. The van der Waals surface area contributed by atoms with E-state index in [1.54, 1.807) is 0 Å². The molecule has 0 aliphatic heterocycles. The first-order valence-electron chi connectivity index (χ1n) is 5.80. The van der Waals surface area contributed by atoms with E-state index in [1.165, 1.54) is 0 Å². The summed E-state index contributed by atoms with van der Waals surface area (Å²) < 4.78 is 5.56. The number of carbonyl (C=O) groups is 1. The number of ether oxygens (including phenoxy) is 1. The Morgan fingerprint density at radius 2 is 2.00 bits per heavy atom. The minimum atomic E-state index is -1.02. The van der Waals surface area contributed by atoms with Gasteiger partial charge in [0.1, 0.15) is 17.9 Å². The zero-order valence-electron chi connectivity index (χ0n) is 9.98. The van der Waals surface area contributed by atoms with Crippen molar-refractivity contribution in [2.24, 2.45) is 17.4 Å². The van der Waals surface area contributed by atoms with Crippen molar-refractivity contribution in [3.63, 3.8) is 0 Å². The molecule has 0 heterocycles. The van der Waals surface area contributed by atoms with E-state index in [9.17, 15) is 4.79 Å². The molecule has 1 aliphatic rings. The van der Waals surface area contributed by atoms with E-state index in [0.29, 0.717) is 5.75 Å². The van der Waals surface area contributed by atoms with Crippen LogP contribution in [-0.4, -0.2) is 18.1 Å². The van der Waals surface area contributed by atoms with Crippen molar-refractivity contribution in [3.8, 4) is 5.75 Å². The zero-order valence-corrected chi connectivity index (χ0v) is 9.98. The predicted octanol–water partition coefficient (Wildman–Crippen LogP) is 0.967. The van der Waals surface area contributed by atoms with E-state index in [1.807, 2.05) is 31.2 Å². The van der Waals surface area contributed by atoms with Crippen LogP contribution in [-0.2, 0) is 4.79 Å². The number of benzene rings is 1. The van der Waals surface area contributed by atoms with Crippen LogP contribution in [0.25, 0.3) is 0 Å². The van der Waals surface area contributed by atoms with Crippen molar-refractivity contribution >= 4 is 5.91 Å². The van der Waals surface area contributed by atoms with Crippen LogP contribution in [0.5, 0.6) is 5.75 Å². The molecular formula is C13H18N2O2. The summed E-state index contributed by atoms with van der Waals surface area (Å²) in [5.41, 5.74) is 11.5. The van der Waals surface area contributed by atoms with Crippen LogP contribution in [0.1, 0.15) is 18.4 Å². The first-order valence-corrected chi connectivity index (χ1v) is 5.80. The summed E-state index contributed by atoms with van der Waals surface area (Å²) in [6.07, 6.45) is 1.91. The Hall–Kier alpha value is -1.55. The summed E-state index contributed by atoms with van der Waals surface area (Å²) >= 11 is 0. The van der Waals surface area contributed by atoms with E-state index in [-0.39, 0.29) is 12.5 Å². The fourth-order valence-corrected chi connectivity index (χ4v) is 1.83. The molecule has 0 saturated heterocycles. The number of hydrogen-bond acceptors (Lipinski definition) is 3. The highest BCUT2D eigenvalue weighted by Crippen LogP contribution is 2.38. The molecule has 0 radical (unpaired) electrons. The second-order valence-electron chi connectivity index (χ2n) is 4.78. The van der Waals surface area contributed by atoms with E-state index < -0.39 is 11.4 Å². The van der Waals surface area contributed by atoms with Crippen LogP contribution < -0.4 is 16.2 Å². The topological polar surface area (TPSA) is 78.3 Å². The molecule has 2 rings (SSSR count). The Balaban J connectivity index is 2.00. The van der Waals surface area contributed by atoms with Gasteiger partial charge in [-0.2, -0.15) is 0 Å². The van der Waals surface area contributed by atoms with Crippen LogP contribution in [0.15, 0.2) is 24.3 Å². The summed E-state index contributed by atoms with van der Waals surface area (Å²) in [6.45, 7) is 2.15. The van der Waals surface area contributed by atoms with Gasteiger partial charge in [-0.1, -0.05) is 17.7 Å². The van der Waals surface area contributed by atoms with Crippen molar-refractivity contribution in [3.05, 3.63) is 29.8 Å². The number of hydrogen-bond donors (Lipinski definition) is 2. The molecule has 0 aromatic heterocycles. The van der Waals surface area contributed by atoms with Gasteiger partial charge in [-0.25, -0.2) is 0 Å². The maximum Gasteiger partial charge on any atom is 0.241 e. The molecule has 4 N–H and O–H groups in total. The summed E-state index contributed by atoms with van der Waals surface area (Å²) in [5, 5.41) is 0. The van der Waals surface area contributed by atoms with Gasteiger partial charge < -0.3 is 16.2 Å². The van der Waals surface area contributed by atoms with Gasteiger partial charge in [0.05, 0.1) is 0 Å². The SMILES string of the molecule is Cc1ccc(OCC(N)(C(N)=O)C2CC2)cc1. The maximum absolute atomic E-state index is 11.4. The molecule has 1 unspecified atom stereocenters. The molecule has 1 fully saturated rings. The Labute approximate surface area is 101 Å². The van der Waals surface area contributed by atoms with Crippen molar-refractivity contribution in [1.82, 2.24) is 0 Å². The first kappa shape index (κ1) is 11.9. The van der Waals surface area contributed by atoms with Crippen molar-refractivity contribution < 1.29 is 9.53 Å². The largest absolute Gasteiger partial charge is 0.491 e. The highest BCUT2D eigenvalue weighted by atomic mass is 16.5. The molecule has 1 aromatic carbocycles. The van der Waals surface area contributed by atoms with Crippen LogP contribution in [0.2, 0.25) is 0 Å². The minimum Gasteiger partial charge on any atom is -0.491 e. The third kappa shape index (κ3) is 2.58. The third-order valence-electron chi connectivity index (χ3n) is 3.26. The van der Waals surface area contributed by atoms with Gasteiger partial charge in [-0.05, 0) is 37.8 Å². The highest BCUT2D eigenvalue weighted by Gasteiger charge is 2.47. The predicted molar refractivity (Wildman–Crippen MR) is 65.5 cm³/mol. The molecule has 1 atom stereocenters. The molecule has 0 bridgehead atoms. The number of rotatable bonds is 5. The second kappa shape index (κ2) is 4.37. The number of amides is 1. The lowest BCUT2D eigenvalue weighted by atomic mass is 9.95. The Bertz CT molecular complexity index is 412. The average Bonchev–Trinajstić information content (AvgIpc) is 3.11. The summed E-state index contributed by atoms with van der Waals surface area (Å²) in [5.74, 6) is 0.407. The second-order valence-corrected chi connectivity index (χ2v) is 4.78. The van der Waals surface area contributed by atoms with E-state index >= 15 is 0 Å². The molecule has 1 aromatic rings. The van der Waals surface area contributed by atoms with Gasteiger partial charge in [-0.3, -0.25) is 4.79 Å². The Kier molecular flexibility index (Phi) is 3.07. The van der Waals surface area contributed by atoms with E-state index in [4.69, 9.17) is 16.2 Å². The highest BCUT2D eigenvalue weighted by molar-refractivity contribution is 5.85. The monoisotopic (exact) mass is 234 g/mol. The number of carbonyl (C=O) groups excluding carboxylic acids is 1. The van der Waals surface area contributed by atoms with Gasteiger partial charge in [0.15, 0.2) is 0 Å². The van der Waals surface area contributed by atoms with Crippen LogP contribution in [0.4, 0.5) is 0 Å². The van der Waals surface area contributed by atoms with Crippen LogP contribution in [0, 0.1) is 12.8 Å². The van der Waals surface area contributed by atoms with Crippen LogP contribution in [0.3, 0.4) is 0 Å². The minimum absolute atomic E-state index is 0.149. The van der Waals surface area contributed by atoms with Gasteiger partial charge in [-0.15, -0.1) is 0 Å². The van der Waals surface area contributed by atoms with Gasteiger partial charge in [0, 0.05) is 0 Å². The van der Waals surface area contributed by atoms with Gasteiger partial charge >= 0.3 is 0 Å². The third-order valence-corrected chi connectivity index (χ3v) is 3.26. The van der Waals surface area contributed by atoms with E-state index in [2.05, 4.69) is 0 Å². The Morgan fingerprint density at radius 1 is 1.41 bits per heavy atom. The number of primary amides is 1. The van der Waals surface area contributed by atoms with Gasteiger partial charge in [0.25, 0.3) is 0 Å². The average molecular weight is 234 g/mol. The fraction of sp³-hybridized carbons (Fsp3) is 0.462. The molecule has 17 heavy (non-hydrogen) atoms. The molecule has 92 valence electrons. The lowest BCUT2D eigenvalue weighted by Gasteiger charge is -2.25. The lowest BCUT2D eigenvalue weighted by Crippen LogP contribution is -2.58. The van der Waals surface area contributed by atoms with Crippen molar-refractivity contribution in [2.45, 2.75) is 25.3 Å². The summed E-state index contributed by atoms with van der Waals surface area (Å²) in [7, 11) is 0. The summed E-state index contributed by atoms with van der Waals surface area (Å²) in [6, 6.07) is 7.64. The van der Waals surface area contributed by atoms with Crippen molar-refractivity contribution in [2.75, 3.05) is 6.61 Å². The molecule has 1 saturated carbocycles. The smallest absolute Gasteiger partial charge is 0.241 e.